The Morgan fingerprint density at radius 3 is 2.07 bits per heavy atom. The summed E-state index contributed by atoms with van der Waals surface area (Å²) in [6.07, 6.45) is 3.67. The highest BCUT2D eigenvalue weighted by Gasteiger charge is 2.43. The Morgan fingerprint density at radius 1 is 0.893 bits per heavy atom. The fourth-order valence-corrected chi connectivity index (χ4v) is 5.01. The molecule has 4 heteroatoms. The molecule has 2 amide bonds. The van der Waals surface area contributed by atoms with E-state index in [-0.39, 0.29) is 23.3 Å². The Hall–Kier alpha value is -2.62. The molecule has 2 aromatic rings. The van der Waals surface area contributed by atoms with E-state index in [0.29, 0.717) is 13.1 Å². The third-order valence-electron chi connectivity index (χ3n) is 6.40. The molecular formula is C24H28N2O2. The zero-order valence-electron chi connectivity index (χ0n) is 16.5. The van der Waals surface area contributed by atoms with Gasteiger partial charge >= 0.3 is 0 Å². The number of piperidine rings is 1. The topological polar surface area (TPSA) is 40.6 Å². The normalized spacial score (nSPS) is 21.5. The van der Waals surface area contributed by atoms with E-state index in [1.807, 2.05) is 17.0 Å². The zero-order chi connectivity index (χ0) is 19.6. The Bertz CT molecular complexity index is 795. The molecule has 1 atom stereocenters. The molecular weight excluding hydrogens is 348 g/mol. The summed E-state index contributed by atoms with van der Waals surface area (Å²) in [6, 6.07) is 20.8. The number of hydrogen-bond acceptors (Lipinski definition) is 2. The van der Waals surface area contributed by atoms with Crippen molar-refractivity contribution < 1.29 is 9.59 Å². The van der Waals surface area contributed by atoms with Crippen LogP contribution in [0, 0.1) is 0 Å². The maximum absolute atomic E-state index is 13.4. The number of carbonyl (C=O) groups excluding carboxylic acids is 2. The maximum Gasteiger partial charge on any atom is 0.245 e. The summed E-state index contributed by atoms with van der Waals surface area (Å²) in [5.41, 5.74) is 2.32. The van der Waals surface area contributed by atoms with Gasteiger partial charge in [-0.15, -0.1) is 0 Å². The highest BCUT2D eigenvalue weighted by Crippen LogP contribution is 2.40. The second kappa shape index (κ2) is 7.78. The van der Waals surface area contributed by atoms with Gasteiger partial charge < -0.3 is 9.80 Å². The Morgan fingerprint density at radius 2 is 1.50 bits per heavy atom. The lowest BCUT2D eigenvalue weighted by Crippen LogP contribution is -2.54. The maximum atomic E-state index is 13.4. The Balaban J connectivity index is 1.68. The molecule has 2 saturated heterocycles. The number of likely N-dealkylation sites (tertiary alicyclic amines) is 2. The molecule has 28 heavy (non-hydrogen) atoms. The molecule has 2 heterocycles. The van der Waals surface area contributed by atoms with E-state index in [2.05, 4.69) is 48.5 Å². The van der Waals surface area contributed by atoms with E-state index in [1.165, 1.54) is 11.1 Å². The van der Waals surface area contributed by atoms with Crippen LogP contribution in [0.25, 0.3) is 0 Å². The van der Waals surface area contributed by atoms with E-state index < -0.39 is 0 Å². The minimum Gasteiger partial charge on any atom is -0.340 e. The summed E-state index contributed by atoms with van der Waals surface area (Å²) in [5.74, 6) is 0.119. The van der Waals surface area contributed by atoms with Crippen molar-refractivity contribution in [1.82, 2.24) is 9.80 Å². The number of nitrogens with zero attached hydrogens (tertiary/aromatic N) is 2. The molecule has 0 aliphatic carbocycles. The highest BCUT2D eigenvalue weighted by atomic mass is 16.2. The van der Waals surface area contributed by atoms with Crippen LogP contribution in [0.1, 0.15) is 43.7 Å². The van der Waals surface area contributed by atoms with Gasteiger partial charge in [-0.3, -0.25) is 9.59 Å². The van der Waals surface area contributed by atoms with Gasteiger partial charge in [-0.05, 0) is 36.8 Å². The number of carbonyl (C=O) groups is 2. The Kier molecular flexibility index (Phi) is 5.21. The van der Waals surface area contributed by atoms with Crippen molar-refractivity contribution in [3.8, 4) is 0 Å². The van der Waals surface area contributed by atoms with Crippen molar-refractivity contribution in [2.24, 2.45) is 0 Å². The van der Waals surface area contributed by atoms with Crippen LogP contribution in [0.3, 0.4) is 0 Å². The lowest BCUT2D eigenvalue weighted by Gasteiger charge is -2.45. The van der Waals surface area contributed by atoms with Gasteiger partial charge in [0.2, 0.25) is 11.8 Å². The Labute approximate surface area is 167 Å². The van der Waals surface area contributed by atoms with E-state index in [1.54, 1.807) is 11.8 Å². The monoisotopic (exact) mass is 376 g/mol. The van der Waals surface area contributed by atoms with Crippen LogP contribution in [-0.2, 0) is 15.0 Å². The van der Waals surface area contributed by atoms with Crippen molar-refractivity contribution >= 4 is 11.8 Å². The second-order valence-electron chi connectivity index (χ2n) is 8.05. The van der Waals surface area contributed by atoms with E-state index >= 15 is 0 Å². The number of amides is 2. The van der Waals surface area contributed by atoms with Crippen molar-refractivity contribution in [3.63, 3.8) is 0 Å². The molecule has 4 nitrogen and oxygen atoms in total. The predicted octanol–water partition coefficient (Wildman–Crippen LogP) is 3.61. The lowest BCUT2D eigenvalue weighted by atomic mass is 9.69. The molecule has 0 saturated carbocycles. The minimum atomic E-state index is -0.292. The van der Waals surface area contributed by atoms with Gasteiger partial charge in [0.1, 0.15) is 6.04 Å². The largest absolute Gasteiger partial charge is 0.340 e. The number of benzene rings is 2. The summed E-state index contributed by atoms with van der Waals surface area (Å²) in [6.45, 7) is 3.70. The average molecular weight is 377 g/mol. The van der Waals surface area contributed by atoms with Crippen LogP contribution in [0.2, 0.25) is 0 Å². The van der Waals surface area contributed by atoms with Gasteiger partial charge in [-0.2, -0.15) is 0 Å². The highest BCUT2D eigenvalue weighted by molar-refractivity contribution is 5.87. The van der Waals surface area contributed by atoms with Crippen molar-refractivity contribution in [3.05, 3.63) is 71.8 Å². The van der Waals surface area contributed by atoms with Gasteiger partial charge in [0.15, 0.2) is 0 Å². The standard InChI is InChI=1S/C24H28N2O2/c1-19(27)26-17-8-14-22(26)23(28)25-16-9-15-24(18-25,20-10-4-2-5-11-20)21-12-6-3-7-13-21/h2-7,10-13,22H,8-9,14-18H2,1H3/t22-/m0/s1. The molecule has 4 rings (SSSR count). The zero-order valence-corrected chi connectivity index (χ0v) is 16.5. The quantitative estimate of drug-likeness (QED) is 0.821. The summed E-state index contributed by atoms with van der Waals surface area (Å²) in [5, 5.41) is 0. The van der Waals surface area contributed by atoms with Gasteiger partial charge in [0, 0.05) is 32.0 Å². The molecule has 0 N–H and O–H groups in total. The molecule has 0 bridgehead atoms. The first-order valence-electron chi connectivity index (χ1n) is 10.3. The third-order valence-corrected chi connectivity index (χ3v) is 6.40. The number of hydrogen-bond donors (Lipinski definition) is 0. The molecule has 0 aromatic heterocycles. The first-order valence-corrected chi connectivity index (χ1v) is 10.3. The molecule has 2 aliphatic rings. The molecule has 0 spiro atoms. The van der Waals surface area contributed by atoms with E-state index in [0.717, 1.165) is 32.2 Å². The predicted molar refractivity (Wildman–Crippen MR) is 110 cm³/mol. The molecule has 2 fully saturated rings. The van der Waals surface area contributed by atoms with Crippen LogP contribution in [0.15, 0.2) is 60.7 Å². The molecule has 0 unspecified atom stereocenters. The van der Waals surface area contributed by atoms with Crippen LogP contribution in [-0.4, -0.2) is 47.3 Å². The van der Waals surface area contributed by atoms with Crippen molar-refractivity contribution in [2.45, 2.75) is 44.1 Å². The van der Waals surface area contributed by atoms with E-state index in [9.17, 15) is 9.59 Å². The van der Waals surface area contributed by atoms with Crippen LogP contribution in [0.4, 0.5) is 0 Å². The van der Waals surface area contributed by atoms with Gasteiger partial charge in [0.05, 0.1) is 0 Å². The molecule has 146 valence electrons. The van der Waals surface area contributed by atoms with Crippen molar-refractivity contribution in [2.75, 3.05) is 19.6 Å². The minimum absolute atomic E-state index is 0.00485. The lowest BCUT2D eigenvalue weighted by molar-refractivity contribution is -0.144. The van der Waals surface area contributed by atoms with Crippen molar-refractivity contribution in [1.29, 1.82) is 0 Å². The third kappa shape index (κ3) is 3.32. The van der Waals surface area contributed by atoms with Crippen LogP contribution in [0.5, 0.6) is 0 Å². The first kappa shape index (κ1) is 18.7. The first-order chi connectivity index (χ1) is 13.6. The summed E-state index contributed by atoms with van der Waals surface area (Å²) in [7, 11) is 0. The van der Waals surface area contributed by atoms with Crippen LogP contribution >= 0.6 is 0 Å². The SMILES string of the molecule is CC(=O)N1CCC[C@H]1C(=O)N1CCCC(c2ccccc2)(c2ccccc2)C1. The van der Waals surface area contributed by atoms with Gasteiger partial charge in [-0.25, -0.2) is 0 Å². The van der Waals surface area contributed by atoms with Gasteiger partial charge in [-0.1, -0.05) is 60.7 Å². The van der Waals surface area contributed by atoms with Crippen LogP contribution < -0.4 is 0 Å². The summed E-state index contributed by atoms with van der Waals surface area (Å²) in [4.78, 5) is 29.1. The second-order valence-corrected chi connectivity index (χ2v) is 8.05. The molecule has 0 radical (unpaired) electrons. The molecule has 2 aromatic carbocycles. The average Bonchev–Trinajstić information content (AvgIpc) is 3.25. The van der Waals surface area contributed by atoms with Gasteiger partial charge in [0.25, 0.3) is 0 Å². The smallest absolute Gasteiger partial charge is 0.245 e. The number of rotatable bonds is 3. The summed E-state index contributed by atoms with van der Waals surface area (Å²) < 4.78 is 0. The molecule has 2 aliphatic heterocycles. The fourth-order valence-electron chi connectivity index (χ4n) is 5.01. The van der Waals surface area contributed by atoms with E-state index in [4.69, 9.17) is 0 Å². The fraction of sp³-hybridized carbons (Fsp3) is 0.417. The summed E-state index contributed by atoms with van der Waals surface area (Å²) >= 11 is 0.